The van der Waals surface area contributed by atoms with Crippen LogP contribution in [0.3, 0.4) is 0 Å². The van der Waals surface area contributed by atoms with E-state index in [1.54, 1.807) is 12.1 Å². The first-order valence-corrected chi connectivity index (χ1v) is 6.27. The number of hydrogen-bond donors (Lipinski definition) is 1. The molecule has 2 rings (SSSR count). The molecule has 0 radical (unpaired) electrons. The number of nitrogens with one attached hydrogen (secondary N) is 1. The Bertz CT molecular complexity index is 364. The van der Waals surface area contributed by atoms with Crippen molar-refractivity contribution in [1.29, 1.82) is 0 Å². The number of piperidine rings is 1. The van der Waals surface area contributed by atoms with Crippen LogP contribution in [0.5, 0.6) is 0 Å². The van der Waals surface area contributed by atoms with Crippen LogP contribution in [0.4, 0.5) is 8.78 Å². The molecule has 1 aliphatic heterocycles. The van der Waals surface area contributed by atoms with Crippen molar-refractivity contribution >= 4 is 15.9 Å². The summed E-state index contributed by atoms with van der Waals surface area (Å²) in [5.74, 6) is -0.515. The van der Waals surface area contributed by atoms with Crippen molar-refractivity contribution in [2.75, 3.05) is 13.1 Å². The fraction of sp³-hybridized carbons (Fsp3) is 0.500. The van der Waals surface area contributed by atoms with E-state index in [-0.39, 0.29) is 11.5 Å². The summed E-state index contributed by atoms with van der Waals surface area (Å²) < 4.78 is 28.4. The van der Waals surface area contributed by atoms with E-state index in [0.717, 1.165) is 30.4 Å². The van der Waals surface area contributed by atoms with Crippen molar-refractivity contribution in [1.82, 2.24) is 5.32 Å². The van der Waals surface area contributed by atoms with Crippen molar-refractivity contribution < 1.29 is 8.78 Å². The third-order valence-electron chi connectivity index (χ3n) is 3.05. The van der Waals surface area contributed by atoms with Crippen molar-refractivity contribution in [3.05, 3.63) is 34.1 Å². The zero-order valence-electron chi connectivity index (χ0n) is 8.85. The molecule has 1 aliphatic rings. The molecule has 1 heterocycles. The molecule has 0 bridgehead atoms. The number of alkyl halides is 1. The summed E-state index contributed by atoms with van der Waals surface area (Å²) in [4.78, 5) is 0. The lowest BCUT2D eigenvalue weighted by molar-refractivity contribution is 0.186. The predicted octanol–water partition coefficient (Wildman–Crippen LogP) is 3.60. The van der Waals surface area contributed by atoms with E-state index in [4.69, 9.17) is 0 Å². The molecule has 1 nitrogen and oxygen atoms in total. The normalized spacial score (nSPS) is 19.7. The minimum Gasteiger partial charge on any atom is -0.317 e. The molecule has 0 amide bonds. The largest absolute Gasteiger partial charge is 0.317 e. The minimum absolute atomic E-state index is 0.0648. The van der Waals surface area contributed by atoms with Crippen LogP contribution in [0.25, 0.3) is 0 Å². The molecule has 1 aromatic rings. The Labute approximate surface area is 102 Å². The fourth-order valence-electron chi connectivity index (χ4n) is 2.12. The summed E-state index contributed by atoms with van der Waals surface area (Å²) in [5.41, 5.74) is 0.182. The molecule has 0 saturated carbocycles. The van der Waals surface area contributed by atoms with E-state index in [2.05, 4.69) is 21.2 Å². The van der Waals surface area contributed by atoms with Gasteiger partial charge in [0.05, 0.1) is 0 Å². The average Bonchev–Trinajstić information content (AvgIpc) is 2.32. The summed E-state index contributed by atoms with van der Waals surface area (Å²) >= 11 is 3.24. The molecule has 0 aliphatic carbocycles. The molecule has 4 heteroatoms. The highest BCUT2D eigenvalue weighted by Gasteiger charge is 2.26. The lowest BCUT2D eigenvalue weighted by Crippen LogP contribution is -2.30. The van der Waals surface area contributed by atoms with Gasteiger partial charge in [-0.1, -0.05) is 15.9 Å². The number of halogens is 3. The van der Waals surface area contributed by atoms with Crippen LogP contribution in [0, 0.1) is 11.7 Å². The van der Waals surface area contributed by atoms with Gasteiger partial charge >= 0.3 is 0 Å². The van der Waals surface area contributed by atoms with Crippen LogP contribution in [-0.4, -0.2) is 13.1 Å². The second-order valence-electron chi connectivity index (χ2n) is 4.16. The second-order valence-corrected chi connectivity index (χ2v) is 5.07. The molecule has 16 heavy (non-hydrogen) atoms. The molecular formula is C12H14BrF2N. The Morgan fingerprint density at radius 1 is 1.31 bits per heavy atom. The molecule has 0 aromatic heterocycles. The quantitative estimate of drug-likeness (QED) is 0.877. The zero-order chi connectivity index (χ0) is 11.5. The summed E-state index contributed by atoms with van der Waals surface area (Å²) in [6, 6.07) is 4.45. The molecule has 1 N–H and O–H groups in total. The SMILES string of the molecule is Fc1ccc(Br)cc1C(F)C1CCNCC1. The first-order valence-electron chi connectivity index (χ1n) is 5.48. The van der Waals surface area contributed by atoms with E-state index < -0.39 is 12.0 Å². The van der Waals surface area contributed by atoms with Gasteiger partial charge in [-0.15, -0.1) is 0 Å². The third kappa shape index (κ3) is 2.61. The molecule has 1 fully saturated rings. The molecule has 1 aromatic carbocycles. The predicted molar refractivity (Wildman–Crippen MR) is 63.5 cm³/mol. The van der Waals surface area contributed by atoms with Crippen LogP contribution >= 0.6 is 15.9 Å². The first-order chi connectivity index (χ1) is 7.68. The van der Waals surface area contributed by atoms with Gasteiger partial charge in [-0.05, 0) is 50.0 Å². The van der Waals surface area contributed by atoms with Gasteiger partial charge < -0.3 is 5.32 Å². The summed E-state index contributed by atoms with van der Waals surface area (Å²) in [5, 5.41) is 3.18. The Kier molecular flexibility index (Phi) is 3.92. The first kappa shape index (κ1) is 12.0. The molecule has 0 spiro atoms. The average molecular weight is 290 g/mol. The molecule has 1 unspecified atom stereocenters. The Morgan fingerprint density at radius 3 is 2.69 bits per heavy atom. The van der Waals surface area contributed by atoms with Gasteiger partial charge in [-0.2, -0.15) is 0 Å². The van der Waals surface area contributed by atoms with Crippen LogP contribution in [0.15, 0.2) is 22.7 Å². The van der Waals surface area contributed by atoms with E-state index in [1.165, 1.54) is 6.07 Å². The smallest absolute Gasteiger partial charge is 0.131 e. The van der Waals surface area contributed by atoms with Gasteiger partial charge in [0.2, 0.25) is 0 Å². The maximum absolute atomic E-state index is 14.2. The van der Waals surface area contributed by atoms with Gasteiger partial charge in [0.25, 0.3) is 0 Å². The van der Waals surface area contributed by atoms with Crippen molar-refractivity contribution in [2.45, 2.75) is 19.0 Å². The topological polar surface area (TPSA) is 12.0 Å². The van der Waals surface area contributed by atoms with Gasteiger partial charge in [0, 0.05) is 10.0 Å². The van der Waals surface area contributed by atoms with E-state index in [9.17, 15) is 8.78 Å². The van der Waals surface area contributed by atoms with Gasteiger partial charge in [0.1, 0.15) is 12.0 Å². The Hall–Kier alpha value is -0.480. The fourth-order valence-corrected chi connectivity index (χ4v) is 2.50. The van der Waals surface area contributed by atoms with E-state index in [0.29, 0.717) is 0 Å². The Balaban J connectivity index is 2.18. The summed E-state index contributed by atoms with van der Waals surface area (Å²) in [6.07, 6.45) is 0.347. The standard InChI is InChI=1S/C12H14BrF2N/c13-9-1-2-11(14)10(7-9)12(15)8-3-5-16-6-4-8/h1-2,7-8,12,16H,3-6H2. The highest BCUT2D eigenvalue weighted by atomic mass is 79.9. The number of benzene rings is 1. The zero-order valence-corrected chi connectivity index (χ0v) is 10.4. The maximum Gasteiger partial charge on any atom is 0.131 e. The van der Waals surface area contributed by atoms with Crippen LogP contribution in [-0.2, 0) is 0 Å². The summed E-state index contributed by atoms with van der Waals surface area (Å²) in [6.45, 7) is 1.64. The van der Waals surface area contributed by atoms with Crippen molar-refractivity contribution in [3.8, 4) is 0 Å². The van der Waals surface area contributed by atoms with Crippen LogP contribution in [0.2, 0.25) is 0 Å². The number of rotatable bonds is 2. The highest BCUT2D eigenvalue weighted by molar-refractivity contribution is 9.10. The van der Waals surface area contributed by atoms with Gasteiger partial charge in [-0.25, -0.2) is 8.78 Å². The molecule has 88 valence electrons. The van der Waals surface area contributed by atoms with Crippen LogP contribution in [0.1, 0.15) is 24.6 Å². The highest BCUT2D eigenvalue weighted by Crippen LogP contribution is 2.34. The Morgan fingerprint density at radius 2 is 2.00 bits per heavy atom. The lowest BCUT2D eigenvalue weighted by Gasteiger charge is -2.26. The van der Waals surface area contributed by atoms with Crippen molar-refractivity contribution in [2.24, 2.45) is 5.92 Å². The molecule has 1 saturated heterocycles. The summed E-state index contributed by atoms with van der Waals surface area (Å²) in [7, 11) is 0. The second kappa shape index (κ2) is 5.23. The minimum atomic E-state index is -1.19. The third-order valence-corrected chi connectivity index (χ3v) is 3.55. The lowest BCUT2D eigenvalue weighted by atomic mass is 9.89. The van der Waals surface area contributed by atoms with Crippen LogP contribution < -0.4 is 5.32 Å². The monoisotopic (exact) mass is 289 g/mol. The van der Waals surface area contributed by atoms with E-state index >= 15 is 0 Å². The van der Waals surface area contributed by atoms with Gasteiger partial charge in [-0.3, -0.25) is 0 Å². The van der Waals surface area contributed by atoms with Gasteiger partial charge in [0.15, 0.2) is 0 Å². The van der Waals surface area contributed by atoms with Crippen molar-refractivity contribution in [3.63, 3.8) is 0 Å². The van der Waals surface area contributed by atoms with E-state index in [1.807, 2.05) is 0 Å². The number of hydrogen-bond acceptors (Lipinski definition) is 1. The molecule has 1 atom stereocenters. The molecular weight excluding hydrogens is 276 g/mol. The maximum atomic E-state index is 14.2.